The van der Waals surface area contributed by atoms with Crippen LogP contribution in [0.5, 0.6) is 0 Å². The van der Waals surface area contributed by atoms with Crippen molar-refractivity contribution in [3.63, 3.8) is 0 Å². The zero-order valence-electron chi connectivity index (χ0n) is 10.5. The van der Waals surface area contributed by atoms with Crippen molar-refractivity contribution >= 4 is 17.7 Å². The Morgan fingerprint density at radius 1 is 1.32 bits per heavy atom. The highest BCUT2D eigenvalue weighted by molar-refractivity contribution is 5.77. The van der Waals surface area contributed by atoms with Crippen molar-refractivity contribution in [1.82, 2.24) is 10.6 Å². The van der Waals surface area contributed by atoms with Crippen LogP contribution in [0.3, 0.4) is 0 Å². The number of amides is 2. The molecule has 1 aromatic rings. The minimum Gasteiger partial charge on any atom is -0.481 e. The lowest BCUT2D eigenvalue weighted by Crippen LogP contribution is -2.43. The van der Waals surface area contributed by atoms with Gasteiger partial charge in [-0.1, -0.05) is 18.2 Å². The number of hydrogen-bond acceptors (Lipinski definition) is 3. The summed E-state index contributed by atoms with van der Waals surface area (Å²) < 4.78 is 0. The fraction of sp³-hybridized carbons (Fsp3) is 0.385. The van der Waals surface area contributed by atoms with Crippen LogP contribution in [-0.2, 0) is 10.3 Å². The van der Waals surface area contributed by atoms with Crippen molar-refractivity contribution in [2.75, 3.05) is 12.3 Å². The second-order valence-electron chi connectivity index (χ2n) is 4.69. The summed E-state index contributed by atoms with van der Waals surface area (Å²) in [6.07, 6.45) is 1.59. The number of benzene rings is 1. The van der Waals surface area contributed by atoms with E-state index in [1.807, 2.05) is 18.2 Å². The molecule has 1 aliphatic rings. The molecule has 0 saturated heterocycles. The number of rotatable bonds is 5. The van der Waals surface area contributed by atoms with Crippen LogP contribution < -0.4 is 16.4 Å². The maximum atomic E-state index is 11.7. The highest BCUT2D eigenvalue weighted by Crippen LogP contribution is 2.47. The molecule has 1 aromatic carbocycles. The molecule has 6 heteroatoms. The highest BCUT2D eigenvalue weighted by atomic mass is 16.4. The van der Waals surface area contributed by atoms with Gasteiger partial charge in [-0.3, -0.25) is 4.79 Å². The molecule has 0 unspecified atom stereocenters. The smallest absolute Gasteiger partial charge is 0.315 e. The number of carbonyl (C=O) groups excluding carboxylic acids is 1. The van der Waals surface area contributed by atoms with Gasteiger partial charge in [-0.25, -0.2) is 4.79 Å². The lowest BCUT2D eigenvalue weighted by Gasteiger charge is -2.20. The summed E-state index contributed by atoms with van der Waals surface area (Å²) in [4.78, 5) is 22.1. The van der Waals surface area contributed by atoms with Gasteiger partial charge in [0.15, 0.2) is 0 Å². The van der Waals surface area contributed by atoms with Gasteiger partial charge in [0.05, 0.1) is 12.0 Å². The van der Waals surface area contributed by atoms with E-state index < -0.39 is 11.5 Å². The van der Waals surface area contributed by atoms with Crippen LogP contribution in [0.4, 0.5) is 10.5 Å². The Bertz CT molecular complexity index is 498. The van der Waals surface area contributed by atoms with E-state index in [1.54, 1.807) is 6.07 Å². The number of nitrogen functional groups attached to an aromatic ring is 1. The zero-order valence-corrected chi connectivity index (χ0v) is 10.5. The fourth-order valence-electron chi connectivity index (χ4n) is 2.06. The Hall–Kier alpha value is -2.24. The van der Waals surface area contributed by atoms with Crippen LogP contribution in [0.2, 0.25) is 0 Å². The second kappa shape index (κ2) is 5.17. The zero-order chi connectivity index (χ0) is 13.9. The number of anilines is 1. The number of para-hydroxylation sites is 1. The van der Waals surface area contributed by atoms with Crippen molar-refractivity contribution < 1.29 is 14.7 Å². The quantitative estimate of drug-likeness (QED) is 0.595. The summed E-state index contributed by atoms with van der Waals surface area (Å²) in [6, 6.07) is 7.08. The normalized spacial score (nSPS) is 15.6. The molecule has 1 fully saturated rings. The molecule has 0 radical (unpaired) electrons. The van der Waals surface area contributed by atoms with Crippen LogP contribution >= 0.6 is 0 Å². The monoisotopic (exact) mass is 263 g/mol. The van der Waals surface area contributed by atoms with Gasteiger partial charge in [-0.2, -0.15) is 0 Å². The number of hydrogen-bond donors (Lipinski definition) is 4. The Morgan fingerprint density at radius 3 is 2.58 bits per heavy atom. The summed E-state index contributed by atoms with van der Waals surface area (Å²) >= 11 is 0. The number of carboxylic acids is 1. The Kier molecular flexibility index (Phi) is 3.59. The molecule has 0 spiro atoms. The molecule has 102 valence electrons. The van der Waals surface area contributed by atoms with E-state index in [1.165, 1.54) is 0 Å². The predicted molar refractivity (Wildman–Crippen MR) is 70.6 cm³/mol. The van der Waals surface area contributed by atoms with E-state index in [0.717, 1.165) is 18.4 Å². The van der Waals surface area contributed by atoms with E-state index in [9.17, 15) is 9.59 Å². The first kappa shape index (κ1) is 13.2. The standard InChI is InChI=1S/C13H17N3O3/c14-10-4-2-1-3-9(10)13(6-7-13)16-12(19)15-8-5-11(17)18/h1-4H,5-8,14H2,(H,17,18)(H2,15,16,19). The Labute approximate surface area is 111 Å². The topological polar surface area (TPSA) is 104 Å². The Balaban J connectivity index is 1.93. The van der Waals surface area contributed by atoms with E-state index in [4.69, 9.17) is 10.8 Å². The third kappa shape index (κ3) is 3.15. The molecule has 0 bridgehead atoms. The summed E-state index contributed by atoms with van der Waals surface area (Å²) in [7, 11) is 0. The molecular formula is C13H17N3O3. The van der Waals surface area contributed by atoms with Crippen molar-refractivity contribution in [1.29, 1.82) is 0 Å². The molecule has 19 heavy (non-hydrogen) atoms. The minimum absolute atomic E-state index is 0.0894. The van der Waals surface area contributed by atoms with Crippen LogP contribution in [0.15, 0.2) is 24.3 Å². The number of carboxylic acid groups (broad SMARTS) is 1. The number of nitrogens with one attached hydrogen (secondary N) is 2. The average molecular weight is 263 g/mol. The lowest BCUT2D eigenvalue weighted by molar-refractivity contribution is -0.136. The van der Waals surface area contributed by atoms with E-state index in [2.05, 4.69) is 10.6 Å². The SMILES string of the molecule is Nc1ccccc1C1(NC(=O)NCCC(=O)O)CC1. The van der Waals surface area contributed by atoms with Gasteiger partial charge in [0.1, 0.15) is 0 Å². The number of carbonyl (C=O) groups is 2. The van der Waals surface area contributed by atoms with Crippen molar-refractivity contribution in [3.05, 3.63) is 29.8 Å². The molecular weight excluding hydrogens is 246 g/mol. The highest BCUT2D eigenvalue weighted by Gasteiger charge is 2.46. The van der Waals surface area contributed by atoms with E-state index in [0.29, 0.717) is 5.69 Å². The summed E-state index contributed by atoms with van der Waals surface area (Å²) in [5, 5.41) is 13.9. The molecule has 0 aliphatic heterocycles. The molecule has 2 amide bonds. The maximum Gasteiger partial charge on any atom is 0.315 e. The molecule has 5 N–H and O–H groups in total. The van der Waals surface area contributed by atoms with Gasteiger partial charge in [-0.15, -0.1) is 0 Å². The van der Waals surface area contributed by atoms with Gasteiger partial charge < -0.3 is 21.5 Å². The number of nitrogens with two attached hydrogens (primary N) is 1. The molecule has 0 aromatic heterocycles. The van der Waals surface area contributed by atoms with Crippen molar-refractivity contribution in [2.45, 2.75) is 24.8 Å². The molecule has 1 saturated carbocycles. The first-order valence-corrected chi connectivity index (χ1v) is 6.16. The average Bonchev–Trinajstić information content (AvgIpc) is 3.09. The molecule has 6 nitrogen and oxygen atoms in total. The van der Waals surface area contributed by atoms with Gasteiger partial charge in [0.2, 0.25) is 0 Å². The predicted octanol–water partition coefficient (Wildman–Crippen LogP) is 1.03. The summed E-state index contributed by atoms with van der Waals surface area (Å²) in [6.45, 7) is 0.113. The maximum absolute atomic E-state index is 11.7. The molecule has 0 heterocycles. The lowest BCUT2D eigenvalue weighted by atomic mass is 10.0. The van der Waals surface area contributed by atoms with Gasteiger partial charge >= 0.3 is 12.0 Å². The third-order valence-corrected chi connectivity index (χ3v) is 3.20. The van der Waals surface area contributed by atoms with Crippen LogP contribution in [0.1, 0.15) is 24.8 Å². The summed E-state index contributed by atoms with van der Waals surface area (Å²) in [5.41, 5.74) is 7.10. The summed E-state index contributed by atoms with van der Waals surface area (Å²) in [5.74, 6) is -0.936. The first-order valence-electron chi connectivity index (χ1n) is 6.16. The van der Waals surface area contributed by atoms with Gasteiger partial charge in [0.25, 0.3) is 0 Å². The fourth-order valence-corrected chi connectivity index (χ4v) is 2.06. The van der Waals surface area contributed by atoms with E-state index in [-0.39, 0.29) is 19.0 Å². The van der Waals surface area contributed by atoms with Gasteiger partial charge in [-0.05, 0) is 18.9 Å². The van der Waals surface area contributed by atoms with Crippen molar-refractivity contribution in [2.24, 2.45) is 0 Å². The van der Waals surface area contributed by atoms with Crippen molar-refractivity contribution in [3.8, 4) is 0 Å². The van der Waals surface area contributed by atoms with Crippen LogP contribution in [0.25, 0.3) is 0 Å². The third-order valence-electron chi connectivity index (χ3n) is 3.20. The van der Waals surface area contributed by atoms with Gasteiger partial charge in [0, 0.05) is 17.8 Å². The minimum atomic E-state index is -0.936. The molecule has 1 aliphatic carbocycles. The van der Waals surface area contributed by atoms with E-state index >= 15 is 0 Å². The largest absolute Gasteiger partial charge is 0.481 e. The first-order chi connectivity index (χ1) is 9.03. The molecule has 0 atom stereocenters. The van der Waals surface area contributed by atoms with Crippen LogP contribution in [0, 0.1) is 0 Å². The number of aliphatic carboxylic acids is 1. The number of urea groups is 1. The Morgan fingerprint density at radius 2 is 2.00 bits per heavy atom. The second-order valence-corrected chi connectivity index (χ2v) is 4.69. The molecule has 2 rings (SSSR count). The van der Waals surface area contributed by atoms with Crippen LogP contribution in [-0.4, -0.2) is 23.7 Å².